The van der Waals surface area contributed by atoms with Gasteiger partial charge in [-0.3, -0.25) is 4.79 Å². The number of rotatable bonds is 6. The molecule has 1 aromatic rings. The summed E-state index contributed by atoms with van der Waals surface area (Å²) in [6.45, 7) is 8.87. The minimum atomic E-state index is -5.08. The molecule has 1 rings (SSSR count). The van der Waals surface area contributed by atoms with Gasteiger partial charge in [0.1, 0.15) is 11.8 Å². The summed E-state index contributed by atoms with van der Waals surface area (Å²) in [5.74, 6) is -3.93. The van der Waals surface area contributed by atoms with Crippen LogP contribution in [0.2, 0.25) is 0 Å². The van der Waals surface area contributed by atoms with Crippen molar-refractivity contribution in [3.8, 4) is 0 Å². The number of alkyl halides is 3. The lowest BCUT2D eigenvalue weighted by atomic mass is 10.0. The van der Waals surface area contributed by atoms with Crippen molar-refractivity contribution in [2.24, 2.45) is 17.6 Å². The fraction of sp³-hybridized carbons (Fsp3) is 0.625. The van der Waals surface area contributed by atoms with Gasteiger partial charge in [-0.05, 0) is 18.8 Å². The van der Waals surface area contributed by atoms with Gasteiger partial charge in [0.05, 0.1) is 6.04 Å². The largest absolute Gasteiger partial charge is 0.490 e. The molecule has 0 aliphatic heterocycles. The Hall–Kier alpha value is -2.63. The zero-order valence-corrected chi connectivity index (χ0v) is 16.0. The highest BCUT2D eigenvalue weighted by Gasteiger charge is 2.38. The summed E-state index contributed by atoms with van der Waals surface area (Å²) in [5.41, 5.74) is 6.01. The standard InChI is InChI=1S/C14H23N3O4.C2HF3O2/c1-6(2)9(15)13-17-11(8(5)21-13)12(18)16-10(7(3)4)14(19)20;3-2(4,5)1(6)7/h6-7,9-10H,15H2,1-5H3,(H,16,18)(H,19,20);(H,6,7)/t9-,10-;/m0./s1. The second-order valence-electron chi connectivity index (χ2n) is 6.56. The Morgan fingerprint density at radius 1 is 1.11 bits per heavy atom. The molecular weight excluding hydrogens is 387 g/mol. The number of halogens is 3. The van der Waals surface area contributed by atoms with Crippen molar-refractivity contribution >= 4 is 17.8 Å². The monoisotopic (exact) mass is 411 g/mol. The fourth-order valence-electron chi connectivity index (χ4n) is 1.78. The van der Waals surface area contributed by atoms with E-state index in [4.69, 9.17) is 25.2 Å². The van der Waals surface area contributed by atoms with Crippen molar-refractivity contribution in [1.29, 1.82) is 0 Å². The minimum Gasteiger partial charge on any atom is -0.480 e. The van der Waals surface area contributed by atoms with Crippen LogP contribution in [0.1, 0.15) is 55.9 Å². The molecule has 0 fully saturated rings. The van der Waals surface area contributed by atoms with E-state index in [-0.39, 0.29) is 23.4 Å². The number of carboxylic acid groups (broad SMARTS) is 2. The Balaban J connectivity index is 0.000000887. The van der Waals surface area contributed by atoms with E-state index in [2.05, 4.69) is 10.3 Å². The van der Waals surface area contributed by atoms with E-state index in [1.54, 1.807) is 20.8 Å². The first-order chi connectivity index (χ1) is 12.6. The second kappa shape index (κ2) is 10.1. The lowest BCUT2D eigenvalue weighted by Gasteiger charge is -2.17. The molecule has 160 valence electrons. The summed E-state index contributed by atoms with van der Waals surface area (Å²) >= 11 is 0. The number of nitrogens with zero attached hydrogens (tertiary/aromatic N) is 1. The van der Waals surface area contributed by atoms with Crippen LogP contribution in [0.15, 0.2) is 4.42 Å². The number of nitrogens with two attached hydrogens (primary N) is 1. The van der Waals surface area contributed by atoms with Gasteiger partial charge in [0.2, 0.25) is 5.89 Å². The third-order valence-corrected chi connectivity index (χ3v) is 3.49. The van der Waals surface area contributed by atoms with Gasteiger partial charge >= 0.3 is 18.1 Å². The number of carboxylic acids is 2. The Labute approximate surface area is 159 Å². The number of hydrogen-bond acceptors (Lipinski definition) is 6. The number of aromatic nitrogens is 1. The maximum absolute atomic E-state index is 12.2. The first-order valence-corrected chi connectivity index (χ1v) is 8.16. The van der Waals surface area contributed by atoms with Gasteiger partial charge in [0.25, 0.3) is 5.91 Å². The van der Waals surface area contributed by atoms with Crippen LogP contribution in [0.5, 0.6) is 0 Å². The maximum Gasteiger partial charge on any atom is 0.490 e. The van der Waals surface area contributed by atoms with Gasteiger partial charge in [-0.25, -0.2) is 14.6 Å². The molecule has 2 atom stereocenters. The Morgan fingerprint density at radius 2 is 1.57 bits per heavy atom. The van der Waals surface area contributed by atoms with Crippen molar-refractivity contribution in [2.45, 2.75) is 52.9 Å². The molecule has 9 nitrogen and oxygen atoms in total. The number of amides is 1. The predicted octanol–water partition coefficient (Wildman–Crippen LogP) is 2.11. The van der Waals surface area contributed by atoms with E-state index in [1.165, 1.54) is 0 Å². The molecular formula is C16H24F3N3O6. The summed E-state index contributed by atoms with van der Waals surface area (Å²) in [4.78, 5) is 36.3. The highest BCUT2D eigenvalue weighted by Crippen LogP contribution is 2.21. The highest BCUT2D eigenvalue weighted by molar-refractivity contribution is 5.95. The van der Waals surface area contributed by atoms with Gasteiger partial charge in [-0.2, -0.15) is 13.2 Å². The third kappa shape index (κ3) is 7.55. The Bertz CT molecular complexity index is 700. The molecule has 1 amide bonds. The molecule has 0 radical (unpaired) electrons. The van der Waals surface area contributed by atoms with E-state index in [9.17, 15) is 22.8 Å². The molecule has 0 aliphatic carbocycles. The number of hydrogen-bond donors (Lipinski definition) is 4. The molecule has 5 N–H and O–H groups in total. The van der Waals surface area contributed by atoms with Crippen molar-refractivity contribution < 1.29 is 42.2 Å². The summed E-state index contributed by atoms with van der Waals surface area (Å²) in [5, 5.41) is 18.7. The lowest BCUT2D eigenvalue weighted by Crippen LogP contribution is -2.44. The van der Waals surface area contributed by atoms with Crippen LogP contribution in [0.25, 0.3) is 0 Å². The van der Waals surface area contributed by atoms with Crippen LogP contribution >= 0.6 is 0 Å². The first kappa shape index (κ1) is 25.4. The number of carbonyl (C=O) groups is 3. The highest BCUT2D eigenvalue weighted by atomic mass is 19.4. The fourth-order valence-corrected chi connectivity index (χ4v) is 1.78. The molecule has 28 heavy (non-hydrogen) atoms. The summed E-state index contributed by atoms with van der Waals surface area (Å²) in [6.07, 6.45) is -5.08. The number of oxazole rings is 1. The van der Waals surface area contributed by atoms with Crippen molar-refractivity contribution in [3.63, 3.8) is 0 Å². The Kier molecular flexibility index (Phi) is 9.12. The average molecular weight is 411 g/mol. The SMILES string of the molecule is Cc1oc([C@@H](N)C(C)C)nc1C(=O)N[C@H](C(=O)O)C(C)C.O=C(O)C(F)(F)F. The zero-order valence-electron chi connectivity index (χ0n) is 16.0. The quantitative estimate of drug-likeness (QED) is 0.554. The van der Waals surface area contributed by atoms with Crippen molar-refractivity contribution in [3.05, 3.63) is 17.3 Å². The van der Waals surface area contributed by atoms with Crippen LogP contribution < -0.4 is 11.1 Å². The lowest BCUT2D eigenvalue weighted by molar-refractivity contribution is -0.192. The minimum absolute atomic E-state index is 0.0769. The average Bonchev–Trinajstić information content (AvgIpc) is 2.92. The van der Waals surface area contributed by atoms with E-state index >= 15 is 0 Å². The smallest absolute Gasteiger partial charge is 0.480 e. The third-order valence-electron chi connectivity index (χ3n) is 3.49. The molecule has 0 aromatic carbocycles. The van der Waals surface area contributed by atoms with E-state index < -0.39 is 36.1 Å². The number of carbonyl (C=O) groups excluding carboxylic acids is 1. The van der Waals surface area contributed by atoms with Crippen molar-refractivity contribution in [1.82, 2.24) is 10.3 Å². The van der Waals surface area contributed by atoms with Crippen LogP contribution in [-0.4, -0.2) is 45.3 Å². The maximum atomic E-state index is 12.2. The first-order valence-electron chi connectivity index (χ1n) is 8.16. The van der Waals surface area contributed by atoms with E-state index in [0.717, 1.165) is 0 Å². The number of nitrogens with one attached hydrogen (secondary N) is 1. The van der Waals surface area contributed by atoms with Crippen LogP contribution in [0.3, 0.4) is 0 Å². The number of aliphatic carboxylic acids is 2. The van der Waals surface area contributed by atoms with Gasteiger partial charge in [0.15, 0.2) is 5.69 Å². The van der Waals surface area contributed by atoms with Crippen molar-refractivity contribution in [2.75, 3.05) is 0 Å². The summed E-state index contributed by atoms with van der Waals surface area (Å²) in [7, 11) is 0. The molecule has 0 bridgehead atoms. The van der Waals surface area contributed by atoms with E-state index in [1.807, 2.05) is 13.8 Å². The molecule has 0 aliphatic rings. The number of aryl methyl sites for hydroxylation is 1. The molecule has 0 saturated heterocycles. The predicted molar refractivity (Wildman–Crippen MR) is 90.4 cm³/mol. The van der Waals surface area contributed by atoms with E-state index in [0.29, 0.717) is 5.76 Å². The molecule has 1 heterocycles. The van der Waals surface area contributed by atoms with Crippen LogP contribution in [0.4, 0.5) is 13.2 Å². The van der Waals surface area contributed by atoms with Crippen LogP contribution in [-0.2, 0) is 9.59 Å². The van der Waals surface area contributed by atoms with Gasteiger partial charge in [0, 0.05) is 0 Å². The van der Waals surface area contributed by atoms with Gasteiger partial charge < -0.3 is 25.7 Å². The summed E-state index contributed by atoms with van der Waals surface area (Å²) < 4.78 is 37.2. The zero-order chi connectivity index (χ0) is 22.4. The summed E-state index contributed by atoms with van der Waals surface area (Å²) in [6, 6.07) is -1.39. The topological polar surface area (TPSA) is 156 Å². The second-order valence-corrected chi connectivity index (χ2v) is 6.56. The molecule has 1 aromatic heterocycles. The molecule has 0 saturated carbocycles. The molecule has 0 unspecified atom stereocenters. The van der Waals surface area contributed by atoms with Crippen LogP contribution in [0, 0.1) is 18.8 Å². The normalized spacial score (nSPS) is 13.5. The molecule has 12 heteroatoms. The van der Waals surface area contributed by atoms with Gasteiger partial charge in [-0.15, -0.1) is 0 Å². The molecule has 0 spiro atoms. The van der Waals surface area contributed by atoms with Gasteiger partial charge in [-0.1, -0.05) is 27.7 Å². The Morgan fingerprint density at radius 3 is 1.89 bits per heavy atom.